The SMILES string of the molecule is CC1(NCC(=O)O)CCN(Cc2ccc(Cl)c3cccnc23)C1. The van der Waals surface area contributed by atoms with Crippen LogP contribution in [-0.2, 0) is 11.3 Å². The van der Waals surface area contributed by atoms with Crippen molar-refractivity contribution in [2.75, 3.05) is 19.6 Å². The van der Waals surface area contributed by atoms with Crippen LogP contribution in [0.4, 0.5) is 0 Å². The maximum atomic E-state index is 10.8. The van der Waals surface area contributed by atoms with Crippen LogP contribution >= 0.6 is 11.6 Å². The summed E-state index contributed by atoms with van der Waals surface area (Å²) in [6, 6.07) is 7.81. The predicted octanol–water partition coefficient (Wildman–Crippen LogP) is 2.53. The summed E-state index contributed by atoms with van der Waals surface area (Å²) in [7, 11) is 0. The van der Waals surface area contributed by atoms with Crippen LogP contribution in [0.3, 0.4) is 0 Å². The Morgan fingerprint density at radius 1 is 1.48 bits per heavy atom. The van der Waals surface area contributed by atoms with Crippen molar-refractivity contribution in [1.82, 2.24) is 15.2 Å². The number of halogens is 1. The molecule has 2 aromatic rings. The molecule has 1 atom stereocenters. The number of aromatic nitrogens is 1. The van der Waals surface area contributed by atoms with Gasteiger partial charge < -0.3 is 10.4 Å². The molecule has 0 spiro atoms. The monoisotopic (exact) mass is 333 g/mol. The Morgan fingerprint density at radius 2 is 2.30 bits per heavy atom. The van der Waals surface area contributed by atoms with Crippen LogP contribution in [0.1, 0.15) is 18.9 Å². The molecule has 1 aromatic heterocycles. The molecule has 0 radical (unpaired) electrons. The number of rotatable bonds is 5. The number of carboxylic acid groups (broad SMARTS) is 1. The van der Waals surface area contributed by atoms with E-state index in [0.717, 1.165) is 42.5 Å². The quantitative estimate of drug-likeness (QED) is 0.880. The van der Waals surface area contributed by atoms with Gasteiger partial charge in [-0.15, -0.1) is 0 Å². The first kappa shape index (κ1) is 16.2. The van der Waals surface area contributed by atoms with Crippen LogP contribution in [0.25, 0.3) is 10.9 Å². The van der Waals surface area contributed by atoms with Crippen molar-refractivity contribution in [1.29, 1.82) is 0 Å². The molecular formula is C17H20ClN3O2. The number of likely N-dealkylation sites (tertiary alicyclic amines) is 1. The maximum absolute atomic E-state index is 10.8. The summed E-state index contributed by atoms with van der Waals surface area (Å²) < 4.78 is 0. The highest BCUT2D eigenvalue weighted by atomic mass is 35.5. The molecule has 0 bridgehead atoms. The summed E-state index contributed by atoms with van der Waals surface area (Å²) in [6.45, 7) is 4.61. The van der Waals surface area contributed by atoms with Gasteiger partial charge in [0.1, 0.15) is 0 Å². The van der Waals surface area contributed by atoms with E-state index in [1.807, 2.05) is 24.3 Å². The van der Waals surface area contributed by atoms with Crippen molar-refractivity contribution in [3.63, 3.8) is 0 Å². The van der Waals surface area contributed by atoms with Gasteiger partial charge in [-0.1, -0.05) is 17.7 Å². The van der Waals surface area contributed by atoms with Gasteiger partial charge in [0.15, 0.2) is 0 Å². The van der Waals surface area contributed by atoms with Gasteiger partial charge in [-0.2, -0.15) is 0 Å². The van der Waals surface area contributed by atoms with Crippen molar-refractivity contribution in [2.24, 2.45) is 0 Å². The van der Waals surface area contributed by atoms with Crippen molar-refractivity contribution < 1.29 is 9.90 Å². The molecule has 2 N–H and O–H groups in total. The number of aliphatic carboxylic acids is 1. The molecule has 1 aliphatic rings. The molecular weight excluding hydrogens is 314 g/mol. The largest absolute Gasteiger partial charge is 0.480 e. The van der Waals surface area contributed by atoms with E-state index in [0.29, 0.717) is 5.02 Å². The van der Waals surface area contributed by atoms with Gasteiger partial charge in [-0.25, -0.2) is 0 Å². The van der Waals surface area contributed by atoms with E-state index >= 15 is 0 Å². The summed E-state index contributed by atoms with van der Waals surface area (Å²) in [4.78, 5) is 17.6. The summed E-state index contributed by atoms with van der Waals surface area (Å²) >= 11 is 6.24. The van der Waals surface area contributed by atoms with Crippen molar-refractivity contribution in [2.45, 2.75) is 25.4 Å². The molecule has 1 fully saturated rings. The maximum Gasteiger partial charge on any atom is 0.317 e. The van der Waals surface area contributed by atoms with Crippen LogP contribution in [0.15, 0.2) is 30.5 Å². The molecule has 2 heterocycles. The first-order valence-electron chi connectivity index (χ1n) is 7.68. The van der Waals surface area contributed by atoms with Gasteiger partial charge >= 0.3 is 5.97 Å². The number of benzene rings is 1. The van der Waals surface area contributed by atoms with E-state index in [4.69, 9.17) is 16.7 Å². The van der Waals surface area contributed by atoms with Crippen LogP contribution in [0.2, 0.25) is 5.02 Å². The molecule has 0 aliphatic carbocycles. The van der Waals surface area contributed by atoms with Crippen LogP contribution in [0.5, 0.6) is 0 Å². The Labute approximate surface area is 140 Å². The number of nitrogens with one attached hydrogen (secondary N) is 1. The molecule has 23 heavy (non-hydrogen) atoms. The average Bonchev–Trinajstić information content (AvgIpc) is 2.90. The zero-order chi connectivity index (χ0) is 16.4. The Balaban J connectivity index is 1.74. The summed E-state index contributed by atoms with van der Waals surface area (Å²) in [5, 5.41) is 13.7. The minimum atomic E-state index is -0.822. The zero-order valence-electron chi connectivity index (χ0n) is 13.1. The Hall–Kier alpha value is -1.69. The Bertz CT molecular complexity index is 737. The van der Waals surface area contributed by atoms with E-state index in [9.17, 15) is 4.79 Å². The minimum absolute atomic E-state index is 0.00420. The van der Waals surface area contributed by atoms with E-state index in [1.165, 1.54) is 0 Å². The number of hydrogen-bond donors (Lipinski definition) is 2. The number of pyridine rings is 1. The van der Waals surface area contributed by atoms with Gasteiger partial charge in [0, 0.05) is 41.8 Å². The molecule has 1 saturated heterocycles. The summed E-state index contributed by atoms with van der Waals surface area (Å²) in [6.07, 6.45) is 2.71. The van der Waals surface area contributed by atoms with Crippen LogP contribution in [-0.4, -0.2) is 46.1 Å². The van der Waals surface area contributed by atoms with Gasteiger partial charge in [0.2, 0.25) is 0 Å². The van der Waals surface area contributed by atoms with Crippen molar-refractivity contribution in [3.05, 3.63) is 41.0 Å². The number of carboxylic acids is 1. The summed E-state index contributed by atoms with van der Waals surface area (Å²) in [5.41, 5.74) is 1.92. The van der Waals surface area contributed by atoms with Gasteiger partial charge in [-0.05, 0) is 37.1 Å². The lowest BCUT2D eigenvalue weighted by Gasteiger charge is -2.25. The fourth-order valence-electron chi connectivity index (χ4n) is 3.19. The second-order valence-electron chi connectivity index (χ2n) is 6.37. The van der Waals surface area contributed by atoms with Crippen LogP contribution < -0.4 is 5.32 Å². The molecule has 1 aliphatic heterocycles. The Kier molecular flexibility index (Phi) is 4.53. The predicted molar refractivity (Wildman–Crippen MR) is 90.7 cm³/mol. The average molecular weight is 334 g/mol. The number of fused-ring (bicyclic) bond motifs is 1. The minimum Gasteiger partial charge on any atom is -0.480 e. The standard InChI is InChI=1S/C17H20ClN3O2/c1-17(20-9-15(22)23)6-8-21(11-17)10-12-4-5-14(18)13-3-2-7-19-16(12)13/h2-5,7,20H,6,8-11H2,1H3,(H,22,23). The summed E-state index contributed by atoms with van der Waals surface area (Å²) in [5.74, 6) is -0.822. The highest BCUT2D eigenvalue weighted by Crippen LogP contribution is 2.28. The van der Waals surface area contributed by atoms with E-state index < -0.39 is 5.97 Å². The molecule has 0 amide bonds. The fourth-order valence-corrected chi connectivity index (χ4v) is 3.41. The lowest BCUT2D eigenvalue weighted by atomic mass is 10.0. The number of carbonyl (C=O) groups is 1. The third-order valence-corrected chi connectivity index (χ3v) is 4.74. The molecule has 1 unspecified atom stereocenters. The molecule has 3 rings (SSSR count). The van der Waals surface area contributed by atoms with Crippen LogP contribution in [0, 0.1) is 0 Å². The van der Waals surface area contributed by atoms with E-state index in [-0.39, 0.29) is 12.1 Å². The van der Waals surface area contributed by atoms with Gasteiger partial charge in [-0.3, -0.25) is 14.7 Å². The molecule has 5 nitrogen and oxygen atoms in total. The topological polar surface area (TPSA) is 65.5 Å². The first-order valence-corrected chi connectivity index (χ1v) is 8.06. The second kappa shape index (κ2) is 6.43. The highest BCUT2D eigenvalue weighted by Gasteiger charge is 2.33. The molecule has 122 valence electrons. The highest BCUT2D eigenvalue weighted by molar-refractivity contribution is 6.35. The number of hydrogen-bond acceptors (Lipinski definition) is 4. The van der Waals surface area contributed by atoms with E-state index in [1.54, 1.807) is 6.20 Å². The smallest absolute Gasteiger partial charge is 0.317 e. The second-order valence-corrected chi connectivity index (χ2v) is 6.78. The number of nitrogens with zero attached hydrogens (tertiary/aromatic N) is 2. The Morgan fingerprint density at radius 3 is 3.09 bits per heavy atom. The zero-order valence-corrected chi connectivity index (χ0v) is 13.8. The van der Waals surface area contributed by atoms with Crippen molar-refractivity contribution in [3.8, 4) is 0 Å². The third-order valence-electron chi connectivity index (χ3n) is 4.41. The molecule has 0 saturated carbocycles. The first-order chi connectivity index (χ1) is 11.0. The normalized spacial score (nSPS) is 21.8. The van der Waals surface area contributed by atoms with Gasteiger partial charge in [0.25, 0.3) is 0 Å². The fraction of sp³-hybridized carbons (Fsp3) is 0.412. The van der Waals surface area contributed by atoms with Crippen molar-refractivity contribution >= 4 is 28.5 Å². The van der Waals surface area contributed by atoms with E-state index in [2.05, 4.69) is 22.1 Å². The molecule has 1 aromatic carbocycles. The lowest BCUT2D eigenvalue weighted by molar-refractivity contribution is -0.136. The molecule has 6 heteroatoms. The third kappa shape index (κ3) is 3.63. The lowest BCUT2D eigenvalue weighted by Crippen LogP contribution is -2.46. The van der Waals surface area contributed by atoms with Gasteiger partial charge in [0.05, 0.1) is 12.1 Å².